The third-order valence-corrected chi connectivity index (χ3v) is 7.85. The number of aliphatic hydroxyl groups excluding tert-OH is 1. The summed E-state index contributed by atoms with van der Waals surface area (Å²) in [6, 6.07) is 19.4. The van der Waals surface area contributed by atoms with Crippen LogP contribution in [0.4, 0.5) is 4.79 Å². The van der Waals surface area contributed by atoms with E-state index in [0.717, 1.165) is 5.56 Å². The molecule has 39 heavy (non-hydrogen) atoms. The largest absolute Gasteiger partial charge is 0.443 e. The molecule has 0 spiro atoms. The van der Waals surface area contributed by atoms with Gasteiger partial charge in [-0.05, 0) is 49.1 Å². The topological polar surface area (TPSA) is 126 Å². The molecule has 10 heteroatoms. The number of carbonyl (C=O) groups is 2. The molecule has 9 nitrogen and oxygen atoms in total. The summed E-state index contributed by atoms with van der Waals surface area (Å²) in [6.45, 7) is 5.00. The Bertz CT molecular complexity index is 1320. The summed E-state index contributed by atoms with van der Waals surface area (Å²) in [7, 11) is -4.00. The minimum absolute atomic E-state index is 0.0164. The van der Waals surface area contributed by atoms with Crippen LogP contribution in [0.15, 0.2) is 83.9 Å². The van der Waals surface area contributed by atoms with Gasteiger partial charge in [-0.1, -0.05) is 62.4 Å². The molecule has 208 valence electrons. The number of pyridine rings is 1. The molecule has 2 atom stereocenters. The Balaban J connectivity index is 1.80. The zero-order valence-corrected chi connectivity index (χ0v) is 23.2. The first-order valence-electron chi connectivity index (χ1n) is 12.7. The van der Waals surface area contributed by atoms with Crippen molar-refractivity contribution in [2.45, 2.75) is 50.8 Å². The number of carbonyl (C=O) groups excluding carboxylic acids is 2. The maximum Gasteiger partial charge on any atom is 0.407 e. The van der Waals surface area contributed by atoms with Gasteiger partial charge in [-0.15, -0.1) is 0 Å². The molecule has 0 aliphatic heterocycles. The number of amides is 1. The van der Waals surface area contributed by atoms with Gasteiger partial charge in [0.05, 0.1) is 22.7 Å². The zero-order chi connectivity index (χ0) is 28.4. The third kappa shape index (κ3) is 8.98. The summed E-state index contributed by atoms with van der Waals surface area (Å²) < 4.78 is 33.6. The number of benzene rings is 2. The molecule has 0 aliphatic carbocycles. The Morgan fingerprint density at radius 1 is 0.974 bits per heavy atom. The highest BCUT2D eigenvalue weighted by Crippen LogP contribution is 2.20. The predicted octanol–water partition coefficient (Wildman–Crippen LogP) is 3.83. The smallest absolute Gasteiger partial charge is 0.407 e. The van der Waals surface area contributed by atoms with Crippen LogP contribution in [0.5, 0.6) is 0 Å². The Morgan fingerprint density at radius 2 is 1.64 bits per heavy atom. The second-order valence-corrected chi connectivity index (χ2v) is 11.6. The number of ether oxygens (including phenoxy) is 1. The highest BCUT2D eigenvalue weighted by molar-refractivity contribution is 7.89. The lowest BCUT2D eigenvalue weighted by Crippen LogP contribution is -2.51. The molecule has 1 heterocycles. The summed E-state index contributed by atoms with van der Waals surface area (Å²) in [5, 5.41) is 14.0. The van der Waals surface area contributed by atoms with Gasteiger partial charge in [0.25, 0.3) is 0 Å². The Labute approximate surface area is 229 Å². The fourth-order valence-corrected chi connectivity index (χ4v) is 5.61. The second kappa shape index (κ2) is 14.0. The first kappa shape index (κ1) is 29.9. The lowest BCUT2D eigenvalue weighted by molar-refractivity contribution is 0.0869. The number of sulfonamides is 1. The Hall–Kier alpha value is -3.60. The number of aliphatic hydroxyl groups is 1. The number of ketones is 1. The van der Waals surface area contributed by atoms with Crippen LogP contribution in [-0.4, -0.2) is 59.9 Å². The van der Waals surface area contributed by atoms with E-state index in [4.69, 9.17) is 4.74 Å². The first-order chi connectivity index (χ1) is 18.6. The van der Waals surface area contributed by atoms with E-state index in [2.05, 4.69) is 10.3 Å². The maximum absolute atomic E-state index is 13.6. The molecule has 3 rings (SSSR count). The van der Waals surface area contributed by atoms with Gasteiger partial charge in [0.15, 0.2) is 5.78 Å². The zero-order valence-electron chi connectivity index (χ0n) is 22.4. The highest BCUT2D eigenvalue weighted by Gasteiger charge is 2.31. The lowest BCUT2D eigenvalue weighted by atomic mass is 10.0. The molecule has 2 N–H and O–H groups in total. The predicted molar refractivity (Wildman–Crippen MR) is 148 cm³/mol. The molecular weight excluding hydrogens is 518 g/mol. The van der Waals surface area contributed by atoms with Gasteiger partial charge >= 0.3 is 6.09 Å². The molecule has 0 aliphatic rings. The van der Waals surface area contributed by atoms with Gasteiger partial charge in [-0.25, -0.2) is 13.2 Å². The van der Waals surface area contributed by atoms with E-state index in [1.54, 1.807) is 24.4 Å². The summed E-state index contributed by atoms with van der Waals surface area (Å²) in [4.78, 5) is 28.4. The van der Waals surface area contributed by atoms with Gasteiger partial charge in [0.2, 0.25) is 10.0 Å². The Morgan fingerprint density at radius 3 is 2.23 bits per heavy atom. The number of Topliss-reactive ketones (excluding diaryl/α,β-unsaturated/α-hetero) is 1. The fourth-order valence-electron chi connectivity index (χ4n) is 3.99. The van der Waals surface area contributed by atoms with E-state index in [-0.39, 0.29) is 42.7 Å². The van der Waals surface area contributed by atoms with Crippen LogP contribution >= 0.6 is 0 Å². The molecule has 0 bridgehead atoms. The SMILES string of the molecule is CC(=O)c1ccc(S(=O)(=O)N(CC(C)C)C[C@@H](O)[C@H](Cc2ccccc2)NC(=O)OCc2ccccn2)cc1. The molecule has 0 saturated carbocycles. The van der Waals surface area contributed by atoms with E-state index in [1.165, 1.54) is 35.5 Å². The number of nitrogens with one attached hydrogen (secondary N) is 1. The van der Waals surface area contributed by atoms with Gasteiger partial charge in [0.1, 0.15) is 6.61 Å². The average Bonchev–Trinajstić information content (AvgIpc) is 2.92. The molecule has 3 aromatic rings. The van der Waals surface area contributed by atoms with E-state index in [0.29, 0.717) is 11.3 Å². The first-order valence-corrected chi connectivity index (χ1v) is 14.2. The summed E-state index contributed by atoms with van der Waals surface area (Å²) in [5.74, 6) is -0.203. The molecule has 0 unspecified atom stereocenters. The van der Waals surface area contributed by atoms with Crippen molar-refractivity contribution in [3.63, 3.8) is 0 Å². The summed E-state index contributed by atoms with van der Waals surface area (Å²) in [5.41, 5.74) is 1.82. The molecule has 1 aromatic heterocycles. The van der Waals surface area contributed by atoms with Crippen LogP contribution in [-0.2, 0) is 27.8 Å². The summed E-state index contributed by atoms with van der Waals surface area (Å²) in [6.07, 6.45) is -0.157. The average molecular weight is 554 g/mol. The normalized spacial score (nSPS) is 13.2. The molecule has 0 saturated heterocycles. The minimum Gasteiger partial charge on any atom is -0.443 e. The lowest BCUT2D eigenvalue weighted by Gasteiger charge is -2.30. The minimum atomic E-state index is -4.00. The standard InChI is InChI=1S/C29H35N3O6S/c1-21(2)18-32(39(36,37)26-14-12-24(13-15-26)22(3)33)19-28(34)27(17-23-9-5-4-6-10-23)31-29(35)38-20-25-11-7-8-16-30-25/h4-16,21,27-28,34H,17-20H2,1-3H3,(H,31,35)/t27-,28+/m0/s1. The molecule has 0 radical (unpaired) electrons. The van der Waals surface area contributed by atoms with Crippen LogP contribution in [0.1, 0.15) is 42.4 Å². The van der Waals surface area contributed by atoms with Crippen molar-refractivity contribution in [2.24, 2.45) is 5.92 Å². The molecule has 1 amide bonds. The van der Waals surface area contributed by atoms with Gasteiger partial charge in [-0.3, -0.25) is 9.78 Å². The van der Waals surface area contributed by atoms with Crippen molar-refractivity contribution in [2.75, 3.05) is 13.1 Å². The van der Waals surface area contributed by atoms with Crippen LogP contribution in [0, 0.1) is 5.92 Å². The van der Waals surface area contributed by atoms with Crippen molar-refractivity contribution in [1.29, 1.82) is 0 Å². The van der Waals surface area contributed by atoms with Gasteiger partial charge < -0.3 is 15.2 Å². The van der Waals surface area contributed by atoms with Crippen molar-refractivity contribution in [1.82, 2.24) is 14.6 Å². The maximum atomic E-state index is 13.6. The number of hydrogen-bond donors (Lipinski definition) is 2. The third-order valence-electron chi connectivity index (χ3n) is 6.00. The van der Waals surface area contributed by atoms with E-state index >= 15 is 0 Å². The number of alkyl carbamates (subject to hydrolysis) is 1. The van der Waals surface area contributed by atoms with Crippen LogP contribution in [0.25, 0.3) is 0 Å². The number of hydrogen-bond acceptors (Lipinski definition) is 7. The quantitative estimate of drug-likeness (QED) is 0.308. The van der Waals surface area contributed by atoms with E-state index < -0.39 is 28.3 Å². The molecule has 2 aromatic carbocycles. The van der Waals surface area contributed by atoms with Gasteiger partial charge in [0, 0.05) is 24.8 Å². The number of aromatic nitrogens is 1. The molecular formula is C29H35N3O6S. The van der Waals surface area contributed by atoms with Crippen molar-refractivity contribution < 1.29 is 27.9 Å². The number of rotatable bonds is 13. The van der Waals surface area contributed by atoms with Crippen molar-refractivity contribution in [3.8, 4) is 0 Å². The number of nitrogens with zero attached hydrogens (tertiary/aromatic N) is 2. The monoisotopic (exact) mass is 553 g/mol. The van der Waals surface area contributed by atoms with Crippen LogP contribution in [0.3, 0.4) is 0 Å². The second-order valence-electron chi connectivity index (χ2n) is 9.70. The van der Waals surface area contributed by atoms with Gasteiger partial charge in [-0.2, -0.15) is 4.31 Å². The van der Waals surface area contributed by atoms with Crippen molar-refractivity contribution >= 4 is 21.9 Å². The fraction of sp³-hybridized carbons (Fsp3) is 0.345. The highest BCUT2D eigenvalue weighted by atomic mass is 32.2. The molecule has 0 fully saturated rings. The van der Waals surface area contributed by atoms with Crippen LogP contribution in [0.2, 0.25) is 0 Å². The van der Waals surface area contributed by atoms with E-state index in [1.807, 2.05) is 44.2 Å². The Kier molecular flexibility index (Phi) is 10.7. The van der Waals surface area contributed by atoms with Crippen LogP contribution < -0.4 is 5.32 Å². The van der Waals surface area contributed by atoms with Crippen molar-refractivity contribution in [3.05, 3.63) is 95.8 Å². The van der Waals surface area contributed by atoms with E-state index in [9.17, 15) is 23.1 Å². The summed E-state index contributed by atoms with van der Waals surface area (Å²) >= 11 is 0.